The molecule has 5 rings (SSSR count). The van der Waals surface area contributed by atoms with Crippen LogP contribution in [-0.2, 0) is 0 Å². The monoisotopic (exact) mass is 450 g/mol. The fourth-order valence-electron chi connectivity index (χ4n) is 6.71. The Morgan fingerprint density at radius 1 is 1.21 bits per heavy atom. The van der Waals surface area contributed by atoms with E-state index < -0.39 is 6.23 Å². The number of hydrogen-bond acceptors (Lipinski definition) is 4. The van der Waals surface area contributed by atoms with E-state index in [1.807, 2.05) is 6.92 Å². The Morgan fingerprint density at radius 2 is 2.06 bits per heavy atom. The molecule has 0 bridgehead atoms. The summed E-state index contributed by atoms with van der Waals surface area (Å²) in [5, 5.41) is 21.6. The van der Waals surface area contributed by atoms with Crippen LogP contribution >= 0.6 is 0 Å². The van der Waals surface area contributed by atoms with E-state index in [9.17, 15) is 9.90 Å². The summed E-state index contributed by atoms with van der Waals surface area (Å²) in [5.41, 5.74) is 2.50. The highest BCUT2D eigenvalue weighted by Crippen LogP contribution is 2.50. The van der Waals surface area contributed by atoms with Crippen LogP contribution in [0.15, 0.2) is 48.6 Å². The third-order valence-electron chi connectivity index (χ3n) is 8.22. The molecule has 2 unspecified atom stereocenters. The number of likely N-dealkylation sites (tertiary alicyclic amines) is 1. The second-order valence-corrected chi connectivity index (χ2v) is 10.1. The van der Waals surface area contributed by atoms with Gasteiger partial charge in [0.25, 0.3) is 0 Å². The molecule has 1 aromatic carbocycles. The Kier molecular flexibility index (Phi) is 6.74. The lowest BCUT2D eigenvalue weighted by atomic mass is 9.75. The van der Waals surface area contributed by atoms with Crippen molar-refractivity contribution in [2.24, 2.45) is 17.8 Å². The molecular weight excluding hydrogens is 412 g/mol. The molecule has 2 heterocycles. The summed E-state index contributed by atoms with van der Waals surface area (Å²) in [4.78, 5) is 14.6. The van der Waals surface area contributed by atoms with Crippen LogP contribution in [0.4, 0.5) is 10.5 Å². The van der Waals surface area contributed by atoms with Gasteiger partial charge in [0, 0.05) is 54.7 Å². The summed E-state index contributed by atoms with van der Waals surface area (Å²) in [6.07, 6.45) is 14.6. The van der Waals surface area contributed by atoms with Gasteiger partial charge in [-0.25, -0.2) is 4.79 Å². The second kappa shape index (κ2) is 9.90. The Labute approximate surface area is 197 Å². The van der Waals surface area contributed by atoms with Gasteiger partial charge in [-0.05, 0) is 44.2 Å². The number of fused-ring (bicyclic) bond motifs is 3. The summed E-state index contributed by atoms with van der Waals surface area (Å²) in [7, 11) is 0. The van der Waals surface area contributed by atoms with Gasteiger partial charge < -0.3 is 21.1 Å². The lowest BCUT2D eigenvalue weighted by molar-refractivity contribution is -0.0720. The highest BCUT2D eigenvalue weighted by atomic mass is 16.3. The highest BCUT2D eigenvalue weighted by Gasteiger charge is 2.49. The van der Waals surface area contributed by atoms with E-state index in [2.05, 4.69) is 69.4 Å². The zero-order valence-corrected chi connectivity index (χ0v) is 19.6. The summed E-state index contributed by atoms with van der Waals surface area (Å²) < 4.78 is 0. The zero-order chi connectivity index (χ0) is 22.8. The number of benzene rings is 1. The van der Waals surface area contributed by atoms with Crippen molar-refractivity contribution < 1.29 is 9.90 Å². The highest BCUT2D eigenvalue weighted by molar-refractivity contribution is 5.74. The number of aliphatic hydroxyl groups is 1. The number of aliphatic hydroxyl groups excluding tert-OH is 1. The van der Waals surface area contributed by atoms with Gasteiger partial charge in [0.05, 0.1) is 0 Å². The van der Waals surface area contributed by atoms with Crippen molar-refractivity contribution in [2.75, 3.05) is 18.4 Å². The number of hydrogen-bond donors (Lipinski definition) is 4. The van der Waals surface area contributed by atoms with Crippen molar-refractivity contribution in [1.29, 1.82) is 0 Å². The third kappa shape index (κ3) is 4.43. The van der Waals surface area contributed by atoms with Crippen molar-refractivity contribution in [1.82, 2.24) is 15.5 Å². The number of amides is 2. The average molecular weight is 451 g/mol. The molecule has 1 saturated heterocycles. The Hall–Kier alpha value is -2.31. The van der Waals surface area contributed by atoms with E-state index >= 15 is 0 Å². The van der Waals surface area contributed by atoms with Crippen LogP contribution in [-0.4, -0.2) is 47.4 Å². The molecule has 33 heavy (non-hydrogen) atoms. The van der Waals surface area contributed by atoms with E-state index in [0.717, 1.165) is 45.1 Å². The maximum absolute atomic E-state index is 12.3. The van der Waals surface area contributed by atoms with Crippen LogP contribution in [0.25, 0.3) is 0 Å². The third-order valence-corrected chi connectivity index (χ3v) is 8.22. The van der Waals surface area contributed by atoms with E-state index in [1.54, 1.807) is 0 Å². The van der Waals surface area contributed by atoms with Gasteiger partial charge in [-0.2, -0.15) is 0 Å². The molecule has 1 saturated carbocycles. The first-order chi connectivity index (χ1) is 16.2. The molecule has 0 spiro atoms. The normalized spacial score (nSPS) is 34.1. The number of allylic oxidation sites excluding steroid dienone is 3. The maximum Gasteiger partial charge on any atom is 0.315 e. The van der Waals surface area contributed by atoms with Gasteiger partial charge in [0.15, 0.2) is 0 Å². The van der Waals surface area contributed by atoms with Gasteiger partial charge in [-0.3, -0.25) is 4.90 Å². The minimum absolute atomic E-state index is 0.0125. The van der Waals surface area contributed by atoms with Crippen LogP contribution in [0.3, 0.4) is 0 Å². The number of para-hydroxylation sites is 1. The van der Waals surface area contributed by atoms with Gasteiger partial charge in [0.2, 0.25) is 0 Å². The molecule has 7 atom stereocenters. The molecule has 6 nitrogen and oxygen atoms in total. The largest absolute Gasteiger partial charge is 0.381 e. The number of carbonyl (C=O) groups excluding carboxylic acids is 1. The standard InChI is InChI=1S/C27H38N4O2/c1-2-28-27(33)30-23-15-9-7-13-20(23)26(32)31-17-16-21-24(18-10-4-3-5-11-18)29-22-14-8-6-12-19(22)25(21)31/h3-6,8,10,12,14,18,20-21,23-26,29,32H,2,7,9,11,13,15-17H2,1H3,(H2,28,30,33)/t18?,20-,21+,23+,24-,25-,26?/m0/s1. The molecule has 4 N–H and O–H groups in total. The van der Waals surface area contributed by atoms with Crippen LogP contribution in [0.5, 0.6) is 0 Å². The van der Waals surface area contributed by atoms with Crippen LogP contribution in [0.1, 0.15) is 57.1 Å². The van der Waals surface area contributed by atoms with Crippen molar-refractivity contribution in [2.45, 2.75) is 69.8 Å². The number of rotatable bonds is 5. The van der Waals surface area contributed by atoms with Gasteiger partial charge in [-0.15, -0.1) is 0 Å². The van der Waals surface area contributed by atoms with Crippen molar-refractivity contribution >= 4 is 11.7 Å². The fraction of sp³-hybridized carbons (Fsp3) is 0.593. The number of nitrogens with zero attached hydrogens (tertiary/aromatic N) is 1. The molecule has 4 aliphatic rings. The summed E-state index contributed by atoms with van der Waals surface area (Å²) >= 11 is 0. The predicted octanol–water partition coefficient (Wildman–Crippen LogP) is 4.17. The van der Waals surface area contributed by atoms with Crippen molar-refractivity contribution in [3.63, 3.8) is 0 Å². The van der Waals surface area contributed by atoms with Gasteiger partial charge in [0.1, 0.15) is 6.23 Å². The molecular formula is C27H38N4O2. The molecule has 0 radical (unpaired) electrons. The van der Waals surface area contributed by atoms with Crippen LogP contribution in [0.2, 0.25) is 0 Å². The molecule has 178 valence electrons. The second-order valence-electron chi connectivity index (χ2n) is 10.1. The molecule has 6 heteroatoms. The number of anilines is 1. The average Bonchev–Trinajstić information content (AvgIpc) is 3.30. The Morgan fingerprint density at radius 3 is 2.88 bits per heavy atom. The lowest BCUT2D eigenvalue weighted by Crippen LogP contribution is -2.54. The number of nitrogens with one attached hydrogen (secondary N) is 3. The fourth-order valence-corrected chi connectivity index (χ4v) is 6.71. The first kappa shape index (κ1) is 22.5. The van der Waals surface area contributed by atoms with E-state index in [1.165, 1.54) is 11.3 Å². The zero-order valence-electron chi connectivity index (χ0n) is 19.6. The Balaban J connectivity index is 1.40. The number of urea groups is 1. The first-order valence-electron chi connectivity index (χ1n) is 12.8. The molecule has 2 aliphatic heterocycles. The SMILES string of the molecule is CCNC(=O)N[C@@H]1CCCC[C@@H]1C(O)N1CC[C@@H]2[C@H](C3C=CC=CC3)Nc3ccccc3[C@@H]21. The minimum atomic E-state index is -0.555. The minimum Gasteiger partial charge on any atom is -0.381 e. The van der Waals surface area contributed by atoms with Gasteiger partial charge >= 0.3 is 6.03 Å². The smallest absolute Gasteiger partial charge is 0.315 e. The molecule has 0 aromatic heterocycles. The molecule has 1 aromatic rings. The van der Waals surface area contributed by atoms with Crippen molar-refractivity contribution in [3.05, 3.63) is 54.1 Å². The van der Waals surface area contributed by atoms with E-state index in [0.29, 0.717) is 24.4 Å². The molecule has 2 amide bonds. The maximum atomic E-state index is 12.3. The van der Waals surface area contributed by atoms with Gasteiger partial charge in [-0.1, -0.05) is 55.3 Å². The number of carbonyl (C=O) groups is 1. The van der Waals surface area contributed by atoms with Crippen molar-refractivity contribution in [3.8, 4) is 0 Å². The molecule has 2 aliphatic carbocycles. The summed E-state index contributed by atoms with van der Waals surface area (Å²) in [6, 6.07) is 9.08. The van der Waals surface area contributed by atoms with E-state index in [4.69, 9.17) is 0 Å². The van der Waals surface area contributed by atoms with E-state index in [-0.39, 0.29) is 24.0 Å². The predicted molar refractivity (Wildman–Crippen MR) is 132 cm³/mol. The lowest BCUT2D eigenvalue weighted by Gasteiger charge is -2.46. The summed E-state index contributed by atoms with van der Waals surface area (Å²) in [6.45, 7) is 3.43. The Bertz CT molecular complexity index is 900. The summed E-state index contributed by atoms with van der Waals surface area (Å²) in [5.74, 6) is 0.974. The topological polar surface area (TPSA) is 76.6 Å². The molecule has 2 fully saturated rings. The first-order valence-corrected chi connectivity index (χ1v) is 12.8. The van der Waals surface area contributed by atoms with Crippen LogP contribution < -0.4 is 16.0 Å². The quantitative estimate of drug-likeness (QED) is 0.543. The van der Waals surface area contributed by atoms with Crippen LogP contribution in [0, 0.1) is 17.8 Å².